The molecule has 0 fully saturated rings. The second-order valence-corrected chi connectivity index (χ2v) is 4.81. The molecule has 0 radical (unpaired) electrons. The van der Waals surface area contributed by atoms with Crippen molar-refractivity contribution < 1.29 is 9.53 Å². The standard InChI is InChI=1S/C17H20N2O2/c1-3-6-12-7-4-5-8-16(12)19-17(20)14-10-9-13(21-2)11-15(14)18/h4-5,7-11H,3,6,18H2,1-2H3,(H,19,20). The van der Waals surface area contributed by atoms with E-state index in [-0.39, 0.29) is 5.91 Å². The molecule has 0 saturated heterocycles. The van der Waals surface area contributed by atoms with Gasteiger partial charge in [-0.1, -0.05) is 31.5 Å². The number of benzene rings is 2. The average molecular weight is 284 g/mol. The van der Waals surface area contributed by atoms with E-state index in [1.54, 1.807) is 25.3 Å². The Morgan fingerprint density at radius 1 is 1.24 bits per heavy atom. The number of nitrogen functional groups attached to an aromatic ring is 1. The maximum Gasteiger partial charge on any atom is 0.257 e. The summed E-state index contributed by atoms with van der Waals surface area (Å²) in [6.45, 7) is 2.11. The summed E-state index contributed by atoms with van der Waals surface area (Å²) in [6.07, 6.45) is 1.95. The highest BCUT2D eigenvalue weighted by Crippen LogP contribution is 2.22. The van der Waals surface area contributed by atoms with Crippen molar-refractivity contribution in [3.63, 3.8) is 0 Å². The van der Waals surface area contributed by atoms with Crippen LogP contribution in [0, 0.1) is 0 Å². The fourth-order valence-electron chi connectivity index (χ4n) is 2.19. The molecule has 0 saturated carbocycles. The second-order valence-electron chi connectivity index (χ2n) is 4.81. The van der Waals surface area contributed by atoms with Gasteiger partial charge >= 0.3 is 0 Å². The number of methoxy groups -OCH3 is 1. The quantitative estimate of drug-likeness (QED) is 0.826. The Labute approximate surface area is 124 Å². The number of hydrogen-bond donors (Lipinski definition) is 2. The van der Waals surface area contributed by atoms with Crippen LogP contribution in [0.1, 0.15) is 29.3 Å². The average Bonchev–Trinajstić information content (AvgIpc) is 2.49. The van der Waals surface area contributed by atoms with Crippen molar-refractivity contribution in [2.24, 2.45) is 0 Å². The van der Waals surface area contributed by atoms with E-state index in [4.69, 9.17) is 10.5 Å². The zero-order chi connectivity index (χ0) is 15.2. The zero-order valence-corrected chi connectivity index (χ0v) is 12.3. The Balaban J connectivity index is 2.22. The number of rotatable bonds is 5. The smallest absolute Gasteiger partial charge is 0.257 e. The Morgan fingerprint density at radius 2 is 2.00 bits per heavy atom. The van der Waals surface area contributed by atoms with E-state index in [2.05, 4.69) is 12.2 Å². The van der Waals surface area contributed by atoms with Gasteiger partial charge in [0.1, 0.15) is 5.75 Å². The van der Waals surface area contributed by atoms with Crippen molar-refractivity contribution in [1.29, 1.82) is 0 Å². The third-order valence-electron chi connectivity index (χ3n) is 3.29. The van der Waals surface area contributed by atoms with Crippen LogP contribution in [0.25, 0.3) is 0 Å². The fraction of sp³-hybridized carbons (Fsp3) is 0.235. The third kappa shape index (κ3) is 3.54. The summed E-state index contributed by atoms with van der Waals surface area (Å²) in [5.41, 5.74) is 8.71. The molecule has 0 heterocycles. The molecule has 0 unspecified atom stereocenters. The van der Waals surface area contributed by atoms with Gasteiger partial charge in [-0.2, -0.15) is 0 Å². The molecule has 0 aliphatic rings. The van der Waals surface area contributed by atoms with Gasteiger partial charge in [-0.25, -0.2) is 0 Å². The van der Waals surface area contributed by atoms with Crippen LogP contribution in [-0.4, -0.2) is 13.0 Å². The highest BCUT2D eigenvalue weighted by atomic mass is 16.5. The van der Waals surface area contributed by atoms with Crippen LogP contribution >= 0.6 is 0 Å². The number of carbonyl (C=O) groups excluding carboxylic acids is 1. The molecule has 1 amide bonds. The lowest BCUT2D eigenvalue weighted by molar-refractivity contribution is 0.102. The lowest BCUT2D eigenvalue weighted by atomic mass is 10.1. The van der Waals surface area contributed by atoms with Crippen molar-refractivity contribution in [2.75, 3.05) is 18.2 Å². The maximum atomic E-state index is 12.4. The molecule has 0 aliphatic heterocycles. The molecule has 21 heavy (non-hydrogen) atoms. The van der Waals surface area contributed by atoms with Crippen LogP contribution in [0.4, 0.5) is 11.4 Å². The molecule has 0 aliphatic carbocycles. The first kappa shape index (κ1) is 14.9. The van der Waals surface area contributed by atoms with E-state index < -0.39 is 0 Å². The maximum absolute atomic E-state index is 12.4. The topological polar surface area (TPSA) is 64.3 Å². The molecule has 0 bridgehead atoms. The highest BCUT2D eigenvalue weighted by molar-refractivity contribution is 6.08. The van der Waals surface area contributed by atoms with Gasteiger partial charge < -0.3 is 15.8 Å². The monoisotopic (exact) mass is 284 g/mol. The minimum absolute atomic E-state index is 0.210. The van der Waals surface area contributed by atoms with Crippen LogP contribution in [-0.2, 0) is 6.42 Å². The Morgan fingerprint density at radius 3 is 2.67 bits per heavy atom. The van der Waals surface area contributed by atoms with E-state index in [0.29, 0.717) is 17.0 Å². The van der Waals surface area contributed by atoms with Crippen LogP contribution in [0.5, 0.6) is 5.75 Å². The van der Waals surface area contributed by atoms with Gasteiger partial charge in [0, 0.05) is 17.4 Å². The number of amides is 1. The van der Waals surface area contributed by atoms with Gasteiger partial charge in [-0.3, -0.25) is 4.79 Å². The summed E-state index contributed by atoms with van der Waals surface area (Å²) in [7, 11) is 1.56. The van der Waals surface area contributed by atoms with E-state index in [0.717, 1.165) is 24.1 Å². The lowest BCUT2D eigenvalue weighted by Gasteiger charge is -2.12. The largest absolute Gasteiger partial charge is 0.497 e. The van der Waals surface area contributed by atoms with Gasteiger partial charge in [-0.15, -0.1) is 0 Å². The number of nitrogens with one attached hydrogen (secondary N) is 1. The van der Waals surface area contributed by atoms with E-state index in [1.165, 1.54) is 0 Å². The Kier molecular flexibility index (Phi) is 4.82. The number of hydrogen-bond acceptors (Lipinski definition) is 3. The number of aryl methyl sites for hydroxylation is 1. The number of carbonyl (C=O) groups is 1. The van der Waals surface area contributed by atoms with E-state index >= 15 is 0 Å². The third-order valence-corrected chi connectivity index (χ3v) is 3.29. The van der Waals surface area contributed by atoms with E-state index in [1.807, 2.05) is 24.3 Å². The first-order valence-corrected chi connectivity index (χ1v) is 6.98. The van der Waals surface area contributed by atoms with Gasteiger partial charge in [0.25, 0.3) is 5.91 Å². The molecule has 2 aromatic rings. The minimum atomic E-state index is -0.210. The highest BCUT2D eigenvalue weighted by Gasteiger charge is 2.12. The molecule has 0 aromatic heterocycles. The summed E-state index contributed by atoms with van der Waals surface area (Å²) in [4.78, 5) is 12.4. The van der Waals surface area contributed by atoms with Crippen LogP contribution in [0.3, 0.4) is 0 Å². The van der Waals surface area contributed by atoms with Gasteiger partial charge in [0.2, 0.25) is 0 Å². The number of nitrogens with two attached hydrogens (primary N) is 1. The van der Waals surface area contributed by atoms with Gasteiger partial charge in [-0.05, 0) is 30.2 Å². The van der Waals surface area contributed by atoms with Crippen LogP contribution in [0.2, 0.25) is 0 Å². The molecule has 4 nitrogen and oxygen atoms in total. The molecule has 0 atom stereocenters. The van der Waals surface area contributed by atoms with E-state index in [9.17, 15) is 4.79 Å². The Hall–Kier alpha value is -2.49. The summed E-state index contributed by atoms with van der Waals surface area (Å²) >= 11 is 0. The van der Waals surface area contributed by atoms with Gasteiger partial charge in [0.15, 0.2) is 0 Å². The summed E-state index contributed by atoms with van der Waals surface area (Å²) in [5, 5.41) is 2.93. The predicted molar refractivity (Wildman–Crippen MR) is 85.8 cm³/mol. The van der Waals surface area contributed by atoms with Crippen molar-refractivity contribution in [1.82, 2.24) is 0 Å². The second kappa shape index (κ2) is 6.79. The normalized spacial score (nSPS) is 10.2. The zero-order valence-electron chi connectivity index (χ0n) is 12.3. The molecule has 110 valence electrons. The molecular formula is C17H20N2O2. The Bertz CT molecular complexity index is 638. The number of anilines is 2. The summed E-state index contributed by atoms with van der Waals surface area (Å²) < 4.78 is 5.09. The molecular weight excluding hydrogens is 264 g/mol. The first-order chi connectivity index (χ1) is 10.2. The van der Waals surface area contributed by atoms with Crippen LogP contribution in [0.15, 0.2) is 42.5 Å². The SMILES string of the molecule is CCCc1ccccc1NC(=O)c1ccc(OC)cc1N. The molecule has 0 spiro atoms. The number of para-hydroxylation sites is 1. The summed E-state index contributed by atoms with van der Waals surface area (Å²) in [5.74, 6) is 0.425. The van der Waals surface area contributed by atoms with Crippen molar-refractivity contribution in [2.45, 2.75) is 19.8 Å². The van der Waals surface area contributed by atoms with Crippen LogP contribution < -0.4 is 15.8 Å². The van der Waals surface area contributed by atoms with Crippen molar-refractivity contribution in [3.05, 3.63) is 53.6 Å². The fourth-order valence-corrected chi connectivity index (χ4v) is 2.19. The molecule has 4 heteroatoms. The van der Waals surface area contributed by atoms with Crippen molar-refractivity contribution in [3.8, 4) is 5.75 Å². The van der Waals surface area contributed by atoms with Crippen molar-refractivity contribution >= 4 is 17.3 Å². The lowest BCUT2D eigenvalue weighted by Crippen LogP contribution is -2.15. The van der Waals surface area contributed by atoms with Gasteiger partial charge in [0.05, 0.1) is 12.7 Å². The number of ether oxygens (including phenoxy) is 1. The molecule has 3 N–H and O–H groups in total. The molecule has 2 aromatic carbocycles. The first-order valence-electron chi connectivity index (χ1n) is 6.98. The summed E-state index contributed by atoms with van der Waals surface area (Å²) in [6, 6.07) is 12.9. The predicted octanol–water partition coefficient (Wildman–Crippen LogP) is 3.48. The molecule has 2 rings (SSSR count). The minimum Gasteiger partial charge on any atom is -0.497 e.